The van der Waals surface area contributed by atoms with E-state index in [-0.39, 0.29) is 18.9 Å². The predicted molar refractivity (Wildman–Crippen MR) is 322 cm³/mol. The average molecular weight is 1050 g/mol. The molecular formula is C67H107NO8. The lowest BCUT2D eigenvalue weighted by molar-refractivity contribution is -0.302. The molecule has 0 spiro atoms. The van der Waals surface area contributed by atoms with Crippen molar-refractivity contribution in [3.05, 3.63) is 158 Å². The summed E-state index contributed by atoms with van der Waals surface area (Å²) in [5.41, 5.74) is 0. The minimum absolute atomic E-state index is 0.235. The smallest absolute Gasteiger partial charge is 0.220 e. The molecule has 7 atom stereocenters. The largest absolute Gasteiger partial charge is 0.394 e. The zero-order chi connectivity index (χ0) is 55.0. The van der Waals surface area contributed by atoms with Gasteiger partial charge in [0.25, 0.3) is 0 Å². The minimum Gasteiger partial charge on any atom is -0.394 e. The standard InChI is InChI=1S/C67H107NO8/c1-3-5-7-9-11-13-15-17-19-21-23-25-26-27-28-29-30-31-32-33-34-35-36-37-39-41-43-45-47-49-51-53-55-57-63(71)68-60(59-75-67-66(74)65(73)64(72)62(58-69)76-67)61(70)56-54-52-50-48-46-44-42-40-38-24-22-20-18-16-14-12-10-8-6-4-2/h5,7,11,13,17,19,23,25,27-28,30-31,33-34,36-38,40-41,43,46-49,54,56,60-62,64-67,69-70,72-74H,3-4,6,8-10,12,14-16,18,20-22,24,26,29,32,35,39,42,44-45,50-53,55,57-59H2,1-2H3,(H,68,71)/b7-5-,13-11-,19-17-,25-23-,28-27-,31-30-,34-33-,37-36-,40-38+,43-41-,48-46+,49-47-,56-54+. The second-order valence-corrected chi connectivity index (χ2v) is 19.7. The van der Waals surface area contributed by atoms with E-state index in [1.165, 1.54) is 64.2 Å². The number of carbonyl (C=O) groups excluding carboxylic acids is 1. The molecule has 0 bridgehead atoms. The number of aliphatic hydroxyl groups is 5. The molecule has 0 radical (unpaired) electrons. The van der Waals surface area contributed by atoms with Crippen molar-refractivity contribution in [1.29, 1.82) is 0 Å². The van der Waals surface area contributed by atoms with Gasteiger partial charge < -0.3 is 40.3 Å². The summed E-state index contributed by atoms with van der Waals surface area (Å²) in [5, 5.41) is 54.5. The Labute approximate surface area is 463 Å². The average Bonchev–Trinajstić information content (AvgIpc) is 3.42. The Kier molecular flexibility index (Phi) is 49.8. The van der Waals surface area contributed by atoms with Crippen molar-refractivity contribution in [2.24, 2.45) is 0 Å². The van der Waals surface area contributed by atoms with Crippen molar-refractivity contribution in [3.8, 4) is 0 Å². The van der Waals surface area contributed by atoms with Gasteiger partial charge in [-0.2, -0.15) is 0 Å². The molecule has 1 rings (SSSR count). The van der Waals surface area contributed by atoms with Crippen molar-refractivity contribution in [3.63, 3.8) is 0 Å². The molecule has 1 amide bonds. The van der Waals surface area contributed by atoms with E-state index in [1.54, 1.807) is 6.08 Å². The van der Waals surface area contributed by atoms with Crippen LogP contribution in [0.3, 0.4) is 0 Å². The fraction of sp³-hybridized carbons (Fsp3) is 0.597. The van der Waals surface area contributed by atoms with Crippen LogP contribution < -0.4 is 5.32 Å². The first-order valence-corrected chi connectivity index (χ1v) is 29.7. The summed E-state index contributed by atoms with van der Waals surface area (Å²) in [6, 6.07) is -0.865. The summed E-state index contributed by atoms with van der Waals surface area (Å²) in [6.45, 7) is 3.60. The summed E-state index contributed by atoms with van der Waals surface area (Å²) in [4.78, 5) is 13.0. The molecule has 428 valence electrons. The van der Waals surface area contributed by atoms with E-state index < -0.39 is 49.5 Å². The van der Waals surface area contributed by atoms with Crippen molar-refractivity contribution in [2.75, 3.05) is 13.2 Å². The lowest BCUT2D eigenvalue weighted by atomic mass is 9.99. The van der Waals surface area contributed by atoms with E-state index in [0.717, 1.165) is 103 Å². The molecule has 7 unspecified atom stereocenters. The quantitative estimate of drug-likeness (QED) is 0.0261. The van der Waals surface area contributed by atoms with Gasteiger partial charge >= 0.3 is 0 Å². The number of hydrogen-bond acceptors (Lipinski definition) is 8. The van der Waals surface area contributed by atoms with Gasteiger partial charge in [0.05, 0.1) is 25.4 Å². The Morgan fingerprint density at radius 1 is 0.461 bits per heavy atom. The van der Waals surface area contributed by atoms with Crippen LogP contribution in [-0.2, 0) is 14.3 Å². The second-order valence-electron chi connectivity index (χ2n) is 19.7. The highest BCUT2D eigenvalue weighted by Crippen LogP contribution is 2.22. The van der Waals surface area contributed by atoms with Crippen molar-refractivity contribution in [1.82, 2.24) is 5.32 Å². The zero-order valence-corrected chi connectivity index (χ0v) is 47.4. The number of ether oxygens (including phenoxy) is 2. The van der Waals surface area contributed by atoms with Gasteiger partial charge in [-0.3, -0.25) is 4.79 Å². The fourth-order valence-electron chi connectivity index (χ4n) is 8.16. The Morgan fingerprint density at radius 3 is 1.26 bits per heavy atom. The van der Waals surface area contributed by atoms with Crippen LogP contribution in [-0.4, -0.2) is 87.5 Å². The third kappa shape index (κ3) is 42.9. The molecule has 1 aliphatic rings. The van der Waals surface area contributed by atoms with Crippen LogP contribution in [0.25, 0.3) is 0 Å². The molecule has 6 N–H and O–H groups in total. The maximum Gasteiger partial charge on any atom is 0.220 e. The van der Waals surface area contributed by atoms with Crippen LogP contribution in [0.1, 0.15) is 200 Å². The summed E-state index contributed by atoms with van der Waals surface area (Å²) >= 11 is 0. The van der Waals surface area contributed by atoms with Crippen LogP contribution >= 0.6 is 0 Å². The number of unbranched alkanes of at least 4 members (excludes halogenated alkanes) is 14. The molecule has 1 heterocycles. The van der Waals surface area contributed by atoms with Crippen LogP contribution in [0.15, 0.2) is 158 Å². The molecule has 0 aromatic heterocycles. The van der Waals surface area contributed by atoms with Crippen molar-refractivity contribution < 1.29 is 39.8 Å². The molecule has 1 saturated heterocycles. The minimum atomic E-state index is -1.59. The van der Waals surface area contributed by atoms with E-state index in [0.29, 0.717) is 12.8 Å². The summed E-state index contributed by atoms with van der Waals surface area (Å²) < 4.78 is 11.2. The van der Waals surface area contributed by atoms with Crippen molar-refractivity contribution >= 4 is 5.91 Å². The molecule has 1 aliphatic heterocycles. The maximum atomic E-state index is 13.0. The first-order chi connectivity index (χ1) is 37.3. The van der Waals surface area contributed by atoms with E-state index in [1.807, 2.05) is 6.08 Å². The van der Waals surface area contributed by atoms with E-state index in [2.05, 4.69) is 165 Å². The molecule has 0 aliphatic carbocycles. The lowest BCUT2D eigenvalue weighted by Crippen LogP contribution is -2.60. The normalized spacial score (nSPS) is 20.0. The highest BCUT2D eigenvalue weighted by atomic mass is 16.7. The van der Waals surface area contributed by atoms with Gasteiger partial charge in [-0.15, -0.1) is 0 Å². The molecular weight excluding hydrogens is 947 g/mol. The topological polar surface area (TPSA) is 149 Å². The monoisotopic (exact) mass is 1050 g/mol. The second kappa shape index (κ2) is 54.2. The highest BCUT2D eigenvalue weighted by Gasteiger charge is 2.44. The molecule has 9 nitrogen and oxygen atoms in total. The molecule has 1 fully saturated rings. The van der Waals surface area contributed by atoms with Crippen LogP contribution in [0.4, 0.5) is 0 Å². The fourth-order valence-corrected chi connectivity index (χ4v) is 8.16. The number of aliphatic hydroxyl groups excluding tert-OH is 5. The Balaban J connectivity index is 2.31. The first-order valence-electron chi connectivity index (χ1n) is 29.7. The lowest BCUT2D eigenvalue weighted by Gasteiger charge is -2.40. The van der Waals surface area contributed by atoms with Crippen LogP contribution in [0, 0.1) is 0 Å². The Hall–Kier alpha value is -4.19. The molecule has 0 aromatic carbocycles. The number of amides is 1. The highest BCUT2D eigenvalue weighted by molar-refractivity contribution is 5.76. The van der Waals surface area contributed by atoms with Gasteiger partial charge in [0.15, 0.2) is 6.29 Å². The zero-order valence-electron chi connectivity index (χ0n) is 47.4. The van der Waals surface area contributed by atoms with Gasteiger partial charge in [-0.1, -0.05) is 230 Å². The number of hydrogen-bond donors (Lipinski definition) is 6. The SMILES string of the molecule is CC/C=C\C/C=C\C/C=C\C/C=C\C/C=C\C/C=C\C/C=C\C/C=C\C/C=C\C/C=C\CCCCC(=O)NC(COC1OC(CO)C(O)C(O)C1O)C(O)/C=C/CC/C=C/CC/C=C/CCCCCCCCCCCC. The maximum absolute atomic E-state index is 13.0. The van der Waals surface area contributed by atoms with Gasteiger partial charge in [-0.05, 0) is 122 Å². The number of nitrogens with one attached hydrogen (secondary N) is 1. The van der Waals surface area contributed by atoms with Crippen LogP contribution in [0.2, 0.25) is 0 Å². The molecule has 0 saturated carbocycles. The first kappa shape index (κ1) is 69.8. The van der Waals surface area contributed by atoms with E-state index >= 15 is 0 Å². The molecule has 0 aromatic rings. The van der Waals surface area contributed by atoms with E-state index in [9.17, 15) is 30.3 Å². The number of allylic oxidation sites excluding steroid dienone is 25. The van der Waals surface area contributed by atoms with Gasteiger partial charge in [0.1, 0.15) is 24.4 Å². The van der Waals surface area contributed by atoms with Gasteiger partial charge in [0.2, 0.25) is 5.91 Å². The third-order valence-electron chi connectivity index (χ3n) is 12.8. The molecule has 76 heavy (non-hydrogen) atoms. The predicted octanol–water partition coefficient (Wildman–Crippen LogP) is 15.2. The molecule has 9 heteroatoms. The number of carbonyl (C=O) groups is 1. The van der Waals surface area contributed by atoms with Gasteiger partial charge in [-0.25, -0.2) is 0 Å². The van der Waals surface area contributed by atoms with Gasteiger partial charge in [0, 0.05) is 6.42 Å². The summed E-state index contributed by atoms with van der Waals surface area (Å²) in [5.74, 6) is -0.240. The summed E-state index contributed by atoms with van der Waals surface area (Å²) in [7, 11) is 0. The number of rotatable bonds is 48. The van der Waals surface area contributed by atoms with E-state index in [4.69, 9.17) is 9.47 Å². The third-order valence-corrected chi connectivity index (χ3v) is 12.8. The summed E-state index contributed by atoms with van der Waals surface area (Å²) in [6.07, 6.45) is 78.8. The Morgan fingerprint density at radius 2 is 0.829 bits per heavy atom. The van der Waals surface area contributed by atoms with Crippen molar-refractivity contribution in [2.45, 2.75) is 243 Å². The Bertz CT molecular complexity index is 1740. The van der Waals surface area contributed by atoms with Crippen LogP contribution in [0.5, 0.6) is 0 Å².